The Morgan fingerprint density at radius 2 is 1.89 bits per heavy atom. The predicted octanol–water partition coefficient (Wildman–Crippen LogP) is 4.44. The fourth-order valence-corrected chi connectivity index (χ4v) is 4.42. The number of pyridine rings is 1. The van der Waals surface area contributed by atoms with Crippen molar-refractivity contribution in [3.05, 3.63) is 41.7 Å². The summed E-state index contributed by atoms with van der Waals surface area (Å²) in [7, 11) is -2.19. The smallest absolute Gasteiger partial charge is 0.193 e. The number of nitrogens with one attached hydrogen (secondary N) is 1. The highest BCUT2D eigenvalue weighted by Gasteiger charge is 2.42. The zero-order valence-corrected chi connectivity index (χ0v) is 18.0. The van der Waals surface area contributed by atoms with Crippen LogP contribution in [0.25, 0.3) is 21.8 Å². The van der Waals surface area contributed by atoms with E-state index < -0.39 is 20.5 Å². The van der Waals surface area contributed by atoms with Gasteiger partial charge in [-0.05, 0) is 36.7 Å². The molecule has 0 aliphatic heterocycles. The van der Waals surface area contributed by atoms with Crippen molar-refractivity contribution in [2.45, 2.75) is 58.0 Å². The second-order valence-corrected chi connectivity index (χ2v) is 13.6. The summed E-state index contributed by atoms with van der Waals surface area (Å²) < 4.78 is 6.53. The number of hydrogen-bond acceptors (Lipinski definition) is 4. The van der Waals surface area contributed by atoms with Crippen molar-refractivity contribution in [1.29, 1.82) is 0 Å². The summed E-state index contributed by atoms with van der Waals surface area (Å²) in [5.74, 6) is 0. The van der Waals surface area contributed by atoms with Gasteiger partial charge in [-0.2, -0.15) is 0 Å². The van der Waals surface area contributed by atoms with Gasteiger partial charge in [0.2, 0.25) is 0 Å². The van der Waals surface area contributed by atoms with E-state index >= 15 is 0 Å². The Morgan fingerprint density at radius 1 is 1.22 bits per heavy atom. The van der Waals surface area contributed by atoms with Crippen LogP contribution in [-0.2, 0) is 4.43 Å². The van der Waals surface area contributed by atoms with E-state index in [2.05, 4.69) is 49.9 Å². The van der Waals surface area contributed by atoms with Crippen molar-refractivity contribution in [3.63, 3.8) is 0 Å². The number of benzene rings is 1. The largest absolute Gasteiger partial charge is 0.406 e. The highest BCUT2D eigenvalue weighted by Crippen LogP contribution is 2.42. The third kappa shape index (κ3) is 3.54. The third-order valence-electron chi connectivity index (χ3n) is 5.79. The van der Waals surface area contributed by atoms with Gasteiger partial charge < -0.3 is 19.6 Å². The van der Waals surface area contributed by atoms with E-state index in [9.17, 15) is 10.2 Å². The van der Waals surface area contributed by atoms with E-state index in [1.807, 2.05) is 31.3 Å². The van der Waals surface area contributed by atoms with Crippen LogP contribution < -0.4 is 0 Å². The molecular weight excluding hydrogens is 356 g/mol. The number of hydrogen-bond donors (Lipinski definition) is 3. The lowest BCUT2D eigenvalue weighted by molar-refractivity contribution is -0.00978. The number of aromatic amines is 1. The lowest BCUT2D eigenvalue weighted by Gasteiger charge is -2.40. The Morgan fingerprint density at radius 3 is 2.52 bits per heavy atom. The molecule has 1 unspecified atom stereocenters. The van der Waals surface area contributed by atoms with Crippen LogP contribution in [0.3, 0.4) is 0 Å². The van der Waals surface area contributed by atoms with Gasteiger partial charge in [-0.15, -0.1) is 0 Å². The van der Waals surface area contributed by atoms with Gasteiger partial charge in [-0.25, -0.2) is 0 Å². The second-order valence-electron chi connectivity index (χ2n) is 8.80. The lowest BCUT2D eigenvalue weighted by Crippen LogP contribution is -2.44. The van der Waals surface area contributed by atoms with Crippen molar-refractivity contribution in [2.24, 2.45) is 0 Å². The number of H-pyrrole nitrogens is 1. The summed E-state index contributed by atoms with van der Waals surface area (Å²) >= 11 is 0. The first-order valence-electron chi connectivity index (χ1n) is 9.39. The summed E-state index contributed by atoms with van der Waals surface area (Å²) in [5, 5.41) is 22.5. The van der Waals surface area contributed by atoms with Crippen molar-refractivity contribution < 1.29 is 14.6 Å². The summed E-state index contributed by atoms with van der Waals surface area (Å²) in [6.45, 7) is 12.4. The highest BCUT2D eigenvalue weighted by molar-refractivity contribution is 6.74. The SMILES string of the molecule is Cc1cnc(C(O[Si](C)(C)C(C)(C)C)[C@H](O)CO)c2[nH]c3ccccc3c12. The molecule has 3 N–H and O–H groups in total. The van der Waals surface area contributed by atoms with Crippen molar-refractivity contribution in [2.75, 3.05) is 6.61 Å². The summed E-state index contributed by atoms with van der Waals surface area (Å²) in [6.07, 6.45) is 0.0975. The molecule has 0 fully saturated rings. The average Bonchev–Trinajstić information content (AvgIpc) is 2.99. The maximum Gasteiger partial charge on any atom is 0.193 e. The van der Waals surface area contributed by atoms with Crippen molar-refractivity contribution in [1.82, 2.24) is 9.97 Å². The minimum absolute atomic E-state index is 0.0231. The van der Waals surface area contributed by atoms with Crippen LogP contribution in [0.4, 0.5) is 0 Å². The number of aliphatic hydroxyl groups is 2. The molecule has 6 heteroatoms. The van der Waals surface area contributed by atoms with E-state index in [0.29, 0.717) is 5.69 Å². The summed E-state index contributed by atoms with van der Waals surface area (Å²) in [4.78, 5) is 8.08. The fourth-order valence-electron chi connectivity index (χ4n) is 3.16. The van der Waals surface area contributed by atoms with Crippen LogP contribution in [-0.4, -0.2) is 41.2 Å². The predicted molar refractivity (Wildman–Crippen MR) is 112 cm³/mol. The molecule has 0 saturated carbocycles. The number of rotatable bonds is 5. The molecule has 0 aliphatic carbocycles. The molecule has 5 nitrogen and oxygen atoms in total. The minimum atomic E-state index is -2.19. The molecule has 0 spiro atoms. The van der Waals surface area contributed by atoms with Crippen LogP contribution in [0.1, 0.15) is 38.1 Å². The molecular formula is C21H30N2O3Si. The van der Waals surface area contributed by atoms with Crippen LogP contribution in [0, 0.1) is 6.92 Å². The second kappa shape index (κ2) is 7.02. The van der Waals surface area contributed by atoms with E-state index in [0.717, 1.165) is 27.4 Å². The van der Waals surface area contributed by atoms with Gasteiger partial charge in [-0.3, -0.25) is 4.98 Å². The van der Waals surface area contributed by atoms with Gasteiger partial charge in [0.1, 0.15) is 12.2 Å². The number of aliphatic hydroxyl groups excluding tert-OH is 2. The molecule has 27 heavy (non-hydrogen) atoms. The number of nitrogens with zero attached hydrogens (tertiary/aromatic N) is 1. The maximum atomic E-state index is 10.6. The fraction of sp³-hybridized carbons (Fsp3) is 0.476. The highest BCUT2D eigenvalue weighted by atomic mass is 28.4. The van der Waals surface area contributed by atoms with Crippen molar-refractivity contribution in [3.8, 4) is 0 Å². The molecule has 0 amide bonds. The molecule has 2 atom stereocenters. The van der Waals surface area contributed by atoms with Crippen LogP contribution in [0.15, 0.2) is 30.5 Å². The topological polar surface area (TPSA) is 78.4 Å². The molecule has 0 aliphatic rings. The summed E-state index contributed by atoms with van der Waals surface area (Å²) in [6, 6.07) is 8.12. The number of aromatic nitrogens is 2. The van der Waals surface area contributed by atoms with Crippen molar-refractivity contribution >= 4 is 30.1 Å². The van der Waals surface area contributed by atoms with Gasteiger partial charge >= 0.3 is 0 Å². The first-order valence-corrected chi connectivity index (χ1v) is 12.3. The van der Waals surface area contributed by atoms with Crippen LogP contribution >= 0.6 is 0 Å². The number of aryl methyl sites for hydroxylation is 1. The average molecular weight is 387 g/mol. The normalized spacial score (nSPS) is 15.4. The molecule has 2 heterocycles. The molecule has 3 aromatic rings. The van der Waals surface area contributed by atoms with E-state index in [1.165, 1.54) is 0 Å². The third-order valence-corrected chi connectivity index (χ3v) is 10.2. The molecule has 0 bridgehead atoms. The molecule has 2 aromatic heterocycles. The van der Waals surface area contributed by atoms with Crippen LogP contribution in [0.2, 0.25) is 18.1 Å². The zero-order valence-electron chi connectivity index (χ0n) is 17.0. The number of para-hydroxylation sites is 1. The quantitative estimate of drug-likeness (QED) is 0.567. The van der Waals surface area contributed by atoms with Crippen LogP contribution in [0.5, 0.6) is 0 Å². The van der Waals surface area contributed by atoms with E-state index in [1.54, 1.807) is 0 Å². The Kier molecular flexibility index (Phi) is 5.20. The zero-order chi connectivity index (χ0) is 20.0. The van der Waals surface area contributed by atoms with Gasteiger partial charge in [0.25, 0.3) is 0 Å². The first kappa shape index (κ1) is 20.0. The summed E-state index contributed by atoms with van der Waals surface area (Å²) in [5.41, 5.74) is 3.61. The molecule has 1 aromatic carbocycles. The maximum absolute atomic E-state index is 10.6. The molecule has 0 saturated heterocycles. The Labute approximate surface area is 161 Å². The van der Waals surface area contributed by atoms with E-state index in [4.69, 9.17) is 4.43 Å². The number of fused-ring (bicyclic) bond motifs is 3. The van der Waals surface area contributed by atoms with E-state index in [-0.39, 0.29) is 11.6 Å². The van der Waals surface area contributed by atoms with Gasteiger partial charge in [0.05, 0.1) is 17.8 Å². The minimum Gasteiger partial charge on any atom is -0.406 e. The Balaban J connectivity index is 2.21. The van der Waals surface area contributed by atoms with Gasteiger partial charge in [-0.1, -0.05) is 39.0 Å². The standard InChI is InChI=1S/C21H30N2O3Si/c1-13-11-22-19(18-17(13)14-9-7-8-10-15(14)23-18)20(16(25)12-24)26-27(5,6)21(2,3)4/h7-11,16,20,23-25H,12H2,1-6H3/t16-,20?/m1/s1. The van der Waals surface area contributed by atoms with Gasteiger partial charge in [0.15, 0.2) is 8.32 Å². The Bertz CT molecular complexity index is 959. The lowest BCUT2D eigenvalue weighted by atomic mass is 10.0. The first-order chi connectivity index (χ1) is 12.6. The molecule has 0 radical (unpaired) electrons. The monoisotopic (exact) mass is 386 g/mol. The Hall–Kier alpha value is -1.73. The molecule has 3 rings (SSSR count). The molecule has 146 valence electrons. The van der Waals surface area contributed by atoms with Gasteiger partial charge in [0, 0.05) is 22.5 Å².